The summed E-state index contributed by atoms with van der Waals surface area (Å²) in [6, 6.07) is 5.96. The number of nitrogens with zero attached hydrogens (tertiary/aromatic N) is 1. The van der Waals surface area contributed by atoms with Gasteiger partial charge in [-0.3, -0.25) is 9.78 Å². The molecule has 0 atom stereocenters. The molecule has 2 aromatic rings. The van der Waals surface area contributed by atoms with Gasteiger partial charge in [-0.05, 0) is 30.3 Å². The Hall–Kier alpha value is -2.23. The van der Waals surface area contributed by atoms with Gasteiger partial charge < -0.3 is 5.32 Å². The maximum absolute atomic E-state index is 13.0. The Morgan fingerprint density at radius 3 is 3.00 bits per heavy atom. The van der Waals surface area contributed by atoms with Gasteiger partial charge in [-0.15, -0.1) is 0 Å². The summed E-state index contributed by atoms with van der Waals surface area (Å²) in [5.74, 6) is -0.654. The highest BCUT2D eigenvalue weighted by Crippen LogP contribution is 2.17. The second-order valence-corrected chi connectivity index (χ2v) is 3.25. The number of nitrogens with one attached hydrogen (secondary N) is 1. The first-order valence-corrected chi connectivity index (χ1v) is 4.68. The summed E-state index contributed by atoms with van der Waals surface area (Å²) in [6.45, 7) is 3.34. The Morgan fingerprint density at radius 2 is 2.25 bits per heavy atom. The van der Waals surface area contributed by atoms with E-state index in [1.54, 1.807) is 12.1 Å². The number of halogens is 1. The van der Waals surface area contributed by atoms with Gasteiger partial charge in [0.25, 0.3) is 0 Å². The van der Waals surface area contributed by atoms with E-state index in [1.807, 2.05) is 0 Å². The quantitative estimate of drug-likeness (QED) is 0.783. The van der Waals surface area contributed by atoms with Crippen molar-refractivity contribution in [3.63, 3.8) is 0 Å². The van der Waals surface area contributed by atoms with Crippen LogP contribution in [-0.4, -0.2) is 10.9 Å². The summed E-state index contributed by atoms with van der Waals surface area (Å²) in [6.07, 6.45) is 2.68. The Bertz CT molecular complexity index is 566. The number of hydrogen-bond donors (Lipinski definition) is 1. The topological polar surface area (TPSA) is 42.0 Å². The van der Waals surface area contributed by atoms with Crippen molar-refractivity contribution in [3.05, 3.63) is 48.9 Å². The molecule has 1 N–H and O–H groups in total. The first kappa shape index (κ1) is 10.3. The first-order chi connectivity index (χ1) is 7.69. The van der Waals surface area contributed by atoms with E-state index in [9.17, 15) is 9.18 Å². The summed E-state index contributed by atoms with van der Waals surface area (Å²) >= 11 is 0. The van der Waals surface area contributed by atoms with Crippen LogP contribution >= 0.6 is 0 Å². The summed E-state index contributed by atoms with van der Waals surface area (Å²) < 4.78 is 13.0. The molecule has 0 aliphatic carbocycles. The lowest BCUT2D eigenvalue weighted by atomic mass is 10.2. The summed E-state index contributed by atoms with van der Waals surface area (Å²) in [5, 5.41) is 3.20. The zero-order chi connectivity index (χ0) is 11.5. The van der Waals surface area contributed by atoms with Crippen LogP contribution in [0.2, 0.25) is 0 Å². The highest BCUT2D eigenvalue weighted by atomic mass is 19.1. The molecule has 1 aromatic carbocycles. The first-order valence-electron chi connectivity index (χ1n) is 4.68. The Labute approximate surface area is 91.6 Å². The van der Waals surface area contributed by atoms with E-state index in [4.69, 9.17) is 0 Å². The molecule has 1 amide bonds. The van der Waals surface area contributed by atoms with E-state index >= 15 is 0 Å². The molecule has 0 radical (unpaired) electrons. The van der Waals surface area contributed by atoms with Crippen molar-refractivity contribution in [3.8, 4) is 0 Å². The normalized spacial score (nSPS) is 10.1. The maximum Gasteiger partial charge on any atom is 0.247 e. The van der Waals surface area contributed by atoms with Crippen molar-refractivity contribution in [2.75, 3.05) is 5.32 Å². The van der Waals surface area contributed by atoms with Crippen LogP contribution in [-0.2, 0) is 4.79 Å². The standard InChI is InChI=1S/C12H9FN2O/c1-2-12(16)15-10-6-8-5-9(13)3-4-11(8)14-7-10/h2-7H,1H2,(H,15,16). The lowest BCUT2D eigenvalue weighted by Gasteiger charge is -2.03. The number of fused-ring (bicyclic) bond motifs is 1. The van der Waals surface area contributed by atoms with Crippen LogP contribution in [0.5, 0.6) is 0 Å². The van der Waals surface area contributed by atoms with Gasteiger partial charge in [0.1, 0.15) is 5.82 Å². The van der Waals surface area contributed by atoms with Crippen LogP contribution in [0, 0.1) is 5.82 Å². The molecule has 0 spiro atoms. The molecule has 0 fully saturated rings. The van der Waals surface area contributed by atoms with E-state index in [0.717, 1.165) is 6.08 Å². The molecule has 0 bridgehead atoms. The molecular formula is C12H9FN2O. The Morgan fingerprint density at radius 1 is 1.44 bits per heavy atom. The lowest BCUT2D eigenvalue weighted by molar-refractivity contribution is -0.111. The second-order valence-electron chi connectivity index (χ2n) is 3.25. The van der Waals surface area contributed by atoms with Gasteiger partial charge in [-0.2, -0.15) is 0 Å². The highest BCUT2D eigenvalue weighted by molar-refractivity contribution is 5.99. The number of anilines is 1. The van der Waals surface area contributed by atoms with Crippen LogP contribution < -0.4 is 5.32 Å². The predicted molar refractivity (Wildman–Crippen MR) is 60.5 cm³/mol. The maximum atomic E-state index is 13.0. The van der Waals surface area contributed by atoms with E-state index in [1.165, 1.54) is 18.3 Å². The molecule has 2 rings (SSSR count). The van der Waals surface area contributed by atoms with Gasteiger partial charge in [0.2, 0.25) is 5.91 Å². The van der Waals surface area contributed by atoms with Crippen molar-refractivity contribution in [2.45, 2.75) is 0 Å². The van der Waals surface area contributed by atoms with E-state index < -0.39 is 0 Å². The Balaban J connectivity index is 2.42. The van der Waals surface area contributed by atoms with E-state index in [2.05, 4.69) is 16.9 Å². The number of rotatable bonds is 2. The molecule has 0 saturated carbocycles. The van der Waals surface area contributed by atoms with Crippen LogP contribution in [0.1, 0.15) is 0 Å². The van der Waals surface area contributed by atoms with Gasteiger partial charge in [0.15, 0.2) is 0 Å². The fraction of sp³-hybridized carbons (Fsp3) is 0. The van der Waals surface area contributed by atoms with Gasteiger partial charge in [-0.1, -0.05) is 6.58 Å². The van der Waals surface area contributed by atoms with Crippen molar-refractivity contribution >= 4 is 22.5 Å². The highest BCUT2D eigenvalue weighted by Gasteiger charge is 2.01. The average molecular weight is 216 g/mol. The third-order valence-electron chi connectivity index (χ3n) is 2.10. The second kappa shape index (κ2) is 4.10. The number of pyridine rings is 1. The van der Waals surface area contributed by atoms with Crippen LogP contribution in [0.15, 0.2) is 43.1 Å². The molecular weight excluding hydrogens is 207 g/mol. The molecule has 0 aliphatic heterocycles. The van der Waals surface area contributed by atoms with Crippen molar-refractivity contribution in [2.24, 2.45) is 0 Å². The third-order valence-corrected chi connectivity index (χ3v) is 2.10. The zero-order valence-electron chi connectivity index (χ0n) is 8.40. The minimum absolute atomic E-state index is 0.322. The minimum Gasteiger partial charge on any atom is -0.321 e. The number of carbonyl (C=O) groups excluding carboxylic acids is 1. The number of carbonyl (C=O) groups is 1. The summed E-state index contributed by atoms with van der Waals surface area (Å²) in [7, 11) is 0. The molecule has 4 heteroatoms. The lowest BCUT2D eigenvalue weighted by Crippen LogP contribution is -2.07. The van der Waals surface area contributed by atoms with Crippen molar-refractivity contribution < 1.29 is 9.18 Å². The SMILES string of the molecule is C=CC(=O)Nc1cnc2ccc(F)cc2c1. The zero-order valence-corrected chi connectivity index (χ0v) is 8.40. The number of amides is 1. The number of benzene rings is 1. The van der Waals surface area contributed by atoms with Gasteiger partial charge in [0.05, 0.1) is 17.4 Å². The van der Waals surface area contributed by atoms with Gasteiger partial charge in [0, 0.05) is 5.39 Å². The smallest absolute Gasteiger partial charge is 0.247 e. The van der Waals surface area contributed by atoms with Crippen LogP contribution in [0.25, 0.3) is 10.9 Å². The van der Waals surface area contributed by atoms with Crippen molar-refractivity contribution in [1.82, 2.24) is 4.98 Å². The minimum atomic E-state index is -0.332. The molecule has 0 unspecified atom stereocenters. The molecule has 3 nitrogen and oxygen atoms in total. The number of aromatic nitrogens is 1. The number of hydrogen-bond acceptors (Lipinski definition) is 2. The average Bonchev–Trinajstić information content (AvgIpc) is 2.28. The molecule has 1 heterocycles. The monoisotopic (exact) mass is 216 g/mol. The van der Waals surface area contributed by atoms with Crippen LogP contribution in [0.3, 0.4) is 0 Å². The Kier molecular flexibility index (Phi) is 2.64. The van der Waals surface area contributed by atoms with Gasteiger partial charge >= 0.3 is 0 Å². The summed E-state index contributed by atoms with van der Waals surface area (Å²) in [4.78, 5) is 15.1. The van der Waals surface area contributed by atoms with Crippen LogP contribution in [0.4, 0.5) is 10.1 Å². The molecule has 80 valence electrons. The largest absolute Gasteiger partial charge is 0.321 e. The fourth-order valence-electron chi connectivity index (χ4n) is 1.36. The molecule has 1 aromatic heterocycles. The van der Waals surface area contributed by atoms with Crippen molar-refractivity contribution in [1.29, 1.82) is 0 Å². The van der Waals surface area contributed by atoms with E-state index in [-0.39, 0.29) is 11.7 Å². The molecule has 0 saturated heterocycles. The van der Waals surface area contributed by atoms with Gasteiger partial charge in [-0.25, -0.2) is 4.39 Å². The fourth-order valence-corrected chi connectivity index (χ4v) is 1.36. The molecule has 0 aliphatic rings. The predicted octanol–water partition coefficient (Wildman–Crippen LogP) is 2.50. The van der Waals surface area contributed by atoms with E-state index in [0.29, 0.717) is 16.6 Å². The third kappa shape index (κ3) is 2.06. The molecule has 16 heavy (non-hydrogen) atoms. The summed E-state index contributed by atoms with van der Waals surface area (Å²) in [5.41, 5.74) is 1.20.